The van der Waals surface area contributed by atoms with Crippen molar-refractivity contribution in [2.24, 2.45) is 0 Å². The maximum absolute atomic E-state index is 11.7. The van der Waals surface area contributed by atoms with Gasteiger partial charge in [-0.25, -0.2) is 0 Å². The first-order valence-electron chi connectivity index (χ1n) is 5.26. The highest BCUT2D eigenvalue weighted by Crippen LogP contribution is 2.19. The molecular weight excluding hydrogens is 233 g/mol. The SMILES string of the molecule is CC(C)c1ccc(OCOCC(F)(F)F)cc1. The Morgan fingerprint density at radius 2 is 1.71 bits per heavy atom. The number of rotatable bonds is 5. The van der Waals surface area contributed by atoms with Crippen molar-refractivity contribution in [3.8, 4) is 5.75 Å². The van der Waals surface area contributed by atoms with Crippen molar-refractivity contribution in [2.75, 3.05) is 13.4 Å². The molecule has 96 valence electrons. The normalized spacial score (nSPS) is 11.9. The summed E-state index contributed by atoms with van der Waals surface area (Å²) in [4.78, 5) is 0. The van der Waals surface area contributed by atoms with Crippen molar-refractivity contribution >= 4 is 0 Å². The third-order valence-corrected chi connectivity index (χ3v) is 2.12. The Bertz CT molecular complexity index is 331. The van der Waals surface area contributed by atoms with Crippen molar-refractivity contribution in [3.05, 3.63) is 29.8 Å². The highest BCUT2D eigenvalue weighted by atomic mass is 19.4. The average Bonchev–Trinajstić information content (AvgIpc) is 2.24. The minimum Gasteiger partial charge on any atom is -0.468 e. The molecule has 1 aromatic rings. The molecule has 0 radical (unpaired) electrons. The van der Waals surface area contributed by atoms with E-state index in [0.29, 0.717) is 11.7 Å². The van der Waals surface area contributed by atoms with Crippen LogP contribution in [0, 0.1) is 0 Å². The first kappa shape index (κ1) is 13.8. The smallest absolute Gasteiger partial charge is 0.411 e. The van der Waals surface area contributed by atoms with Crippen LogP contribution in [0.25, 0.3) is 0 Å². The number of halogens is 3. The number of hydrogen-bond donors (Lipinski definition) is 0. The fraction of sp³-hybridized carbons (Fsp3) is 0.500. The van der Waals surface area contributed by atoms with E-state index in [2.05, 4.69) is 18.6 Å². The Kier molecular flexibility index (Phi) is 4.81. The molecule has 0 aliphatic carbocycles. The van der Waals surface area contributed by atoms with E-state index in [4.69, 9.17) is 4.74 Å². The molecule has 0 spiro atoms. The molecule has 0 aliphatic rings. The molecule has 17 heavy (non-hydrogen) atoms. The zero-order chi connectivity index (χ0) is 12.9. The molecule has 1 rings (SSSR count). The van der Waals surface area contributed by atoms with Crippen molar-refractivity contribution in [2.45, 2.75) is 25.9 Å². The average molecular weight is 248 g/mol. The molecule has 0 amide bonds. The van der Waals surface area contributed by atoms with Crippen LogP contribution in [-0.4, -0.2) is 19.6 Å². The fourth-order valence-corrected chi connectivity index (χ4v) is 1.22. The lowest BCUT2D eigenvalue weighted by atomic mass is 10.0. The monoisotopic (exact) mass is 248 g/mol. The lowest BCUT2D eigenvalue weighted by Gasteiger charge is -2.10. The van der Waals surface area contributed by atoms with Crippen LogP contribution in [0.4, 0.5) is 13.2 Å². The van der Waals surface area contributed by atoms with Gasteiger partial charge in [0.2, 0.25) is 0 Å². The van der Waals surface area contributed by atoms with Gasteiger partial charge in [0.15, 0.2) is 6.79 Å². The molecule has 0 N–H and O–H groups in total. The van der Waals surface area contributed by atoms with Crippen LogP contribution in [-0.2, 0) is 4.74 Å². The summed E-state index contributed by atoms with van der Waals surface area (Å²) in [7, 11) is 0. The van der Waals surface area contributed by atoms with Gasteiger partial charge in [-0.3, -0.25) is 0 Å². The van der Waals surface area contributed by atoms with Gasteiger partial charge in [-0.15, -0.1) is 0 Å². The van der Waals surface area contributed by atoms with E-state index in [1.54, 1.807) is 12.1 Å². The zero-order valence-corrected chi connectivity index (χ0v) is 9.75. The van der Waals surface area contributed by atoms with Gasteiger partial charge in [0.05, 0.1) is 0 Å². The molecule has 2 nitrogen and oxygen atoms in total. The fourth-order valence-electron chi connectivity index (χ4n) is 1.22. The van der Waals surface area contributed by atoms with Crippen LogP contribution in [0.3, 0.4) is 0 Å². The zero-order valence-electron chi connectivity index (χ0n) is 9.75. The molecule has 0 unspecified atom stereocenters. The first-order valence-corrected chi connectivity index (χ1v) is 5.26. The summed E-state index contributed by atoms with van der Waals surface area (Å²) in [5.74, 6) is 0.905. The summed E-state index contributed by atoms with van der Waals surface area (Å²) in [5.41, 5.74) is 1.15. The molecular formula is C12H15F3O2. The van der Waals surface area contributed by atoms with E-state index in [1.807, 2.05) is 12.1 Å². The van der Waals surface area contributed by atoms with Crippen LogP contribution >= 0.6 is 0 Å². The van der Waals surface area contributed by atoms with Crippen LogP contribution in [0.15, 0.2) is 24.3 Å². The van der Waals surface area contributed by atoms with Gasteiger partial charge < -0.3 is 9.47 Å². The maximum atomic E-state index is 11.7. The predicted octanol–water partition coefficient (Wildman–Crippen LogP) is 3.73. The van der Waals surface area contributed by atoms with Gasteiger partial charge >= 0.3 is 6.18 Å². The Balaban J connectivity index is 2.33. The van der Waals surface area contributed by atoms with E-state index >= 15 is 0 Å². The Hall–Kier alpha value is -1.23. The third kappa shape index (κ3) is 5.58. The molecule has 5 heteroatoms. The van der Waals surface area contributed by atoms with Crippen LogP contribution in [0.2, 0.25) is 0 Å². The van der Waals surface area contributed by atoms with Crippen LogP contribution < -0.4 is 4.74 Å². The standard InChI is InChI=1S/C12H15F3O2/c1-9(2)10-3-5-11(6-4-10)17-8-16-7-12(13,14)15/h3-6,9H,7-8H2,1-2H3. The molecule has 0 atom stereocenters. The summed E-state index contributed by atoms with van der Waals surface area (Å²) < 4.78 is 44.6. The van der Waals surface area contributed by atoms with Crippen molar-refractivity contribution < 1.29 is 22.6 Å². The van der Waals surface area contributed by atoms with E-state index in [-0.39, 0.29) is 0 Å². The number of benzene rings is 1. The van der Waals surface area contributed by atoms with Crippen molar-refractivity contribution in [1.29, 1.82) is 0 Å². The topological polar surface area (TPSA) is 18.5 Å². The third-order valence-electron chi connectivity index (χ3n) is 2.12. The quantitative estimate of drug-likeness (QED) is 0.584. The Morgan fingerprint density at radius 3 is 2.18 bits per heavy atom. The summed E-state index contributed by atoms with van der Waals surface area (Å²) in [6, 6.07) is 7.19. The largest absolute Gasteiger partial charge is 0.468 e. The van der Waals surface area contributed by atoms with Crippen molar-refractivity contribution in [3.63, 3.8) is 0 Å². The molecule has 0 bridgehead atoms. The summed E-state index contributed by atoms with van der Waals surface area (Å²) >= 11 is 0. The second kappa shape index (κ2) is 5.91. The highest BCUT2D eigenvalue weighted by molar-refractivity contribution is 5.28. The number of alkyl halides is 3. The molecule has 0 saturated carbocycles. The molecule has 0 saturated heterocycles. The first-order chi connectivity index (χ1) is 7.88. The van der Waals surface area contributed by atoms with Crippen molar-refractivity contribution in [1.82, 2.24) is 0 Å². The molecule has 0 fully saturated rings. The second-order valence-electron chi connectivity index (χ2n) is 3.95. The van der Waals surface area contributed by atoms with Crippen LogP contribution in [0.5, 0.6) is 5.75 Å². The van der Waals surface area contributed by atoms with Gasteiger partial charge in [0.25, 0.3) is 0 Å². The molecule has 0 heterocycles. The minimum atomic E-state index is -4.31. The van der Waals surface area contributed by atoms with Crippen LogP contribution in [0.1, 0.15) is 25.3 Å². The molecule has 1 aromatic carbocycles. The number of ether oxygens (including phenoxy) is 2. The molecule has 0 aliphatic heterocycles. The van der Waals surface area contributed by atoms with Gasteiger partial charge in [0, 0.05) is 0 Å². The molecule has 0 aromatic heterocycles. The maximum Gasteiger partial charge on any atom is 0.411 e. The lowest BCUT2D eigenvalue weighted by molar-refractivity contribution is -0.186. The van der Waals surface area contributed by atoms with Gasteiger partial charge in [-0.2, -0.15) is 13.2 Å². The summed E-state index contributed by atoms with van der Waals surface area (Å²) in [6.07, 6.45) is -4.31. The Labute approximate surface area is 98.3 Å². The Morgan fingerprint density at radius 1 is 1.12 bits per heavy atom. The van der Waals surface area contributed by atoms with Gasteiger partial charge in [-0.05, 0) is 23.6 Å². The van der Waals surface area contributed by atoms with E-state index in [9.17, 15) is 13.2 Å². The van der Waals surface area contributed by atoms with Gasteiger partial charge in [0.1, 0.15) is 12.4 Å². The van der Waals surface area contributed by atoms with E-state index in [0.717, 1.165) is 5.56 Å². The predicted molar refractivity (Wildman–Crippen MR) is 58.0 cm³/mol. The van der Waals surface area contributed by atoms with E-state index in [1.165, 1.54) is 0 Å². The minimum absolute atomic E-state index is 0.402. The van der Waals surface area contributed by atoms with Gasteiger partial charge in [-0.1, -0.05) is 26.0 Å². The highest BCUT2D eigenvalue weighted by Gasteiger charge is 2.27. The number of hydrogen-bond acceptors (Lipinski definition) is 2. The lowest BCUT2D eigenvalue weighted by Crippen LogP contribution is -2.19. The second-order valence-corrected chi connectivity index (χ2v) is 3.95. The summed E-state index contributed by atoms with van der Waals surface area (Å²) in [6.45, 7) is 2.42. The summed E-state index contributed by atoms with van der Waals surface area (Å²) in [5, 5.41) is 0. The van der Waals surface area contributed by atoms with E-state index < -0.39 is 19.6 Å².